The van der Waals surface area contributed by atoms with Gasteiger partial charge < -0.3 is 24.8 Å². The van der Waals surface area contributed by atoms with Gasteiger partial charge in [-0.1, -0.05) is 0 Å². The largest absolute Gasteiger partial charge is 0.493 e. The SMILES string of the molecule is COc1cc(CNC2CC(C)(C)NC(C)(C)C2)cc(OC)c1OC. The van der Waals surface area contributed by atoms with Crippen molar-refractivity contribution in [3.63, 3.8) is 0 Å². The molecule has 24 heavy (non-hydrogen) atoms. The Bertz CT molecular complexity index is 529. The van der Waals surface area contributed by atoms with E-state index >= 15 is 0 Å². The molecule has 1 aromatic rings. The van der Waals surface area contributed by atoms with Crippen LogP contribution in [-0.4, -0.2) is 38.4 Å². The molecule has 5 heteroatoms. The second-order valence-corrected chi connectivity index (χ2v) is 7.91. The maximum atomic E-state index is 5.43. The zero-order valence-electron chi connectivity index (χ0n) is 16.1. The maximum absolute atomic E-state index is 5.43. The van der Waals surface area contributed by atoms with Crippen LogP contribution in [0.15, 0.2) is 12.1 Å². The van der Waals surface area contributed by atoms with Crippen molar-refractivity contribution in [2.75, 3.05) is 21.3 Å². The highest BCUT2D eigenvalue weighted by molar-refractivity contribution is 5.53. The Kier molecular flexibility index (Phi) is 5.66. The van der Waals surface area contributed by atoms with Crippen molar-refractivity contribution >= 4 is 0 Å². The molecular weight excluding hydrogens is 304 g/mol. The monoisotopic (exact) mass is 336 g/mol. The molecule has 136 valence electrons. The lowest BCUT2D eigenvalue weighted by Gasteiger charge is -2.46. The van der Waals surface area contributed by atoms with Crippen molar-refractivity contribution in [3.8, 4) is 17.2 Å². The van der Waals surface area contributed by atoms with Crippen molar-refractivity contribution in [1.82, 2.24) is 10.6 Å². The molecule has 0 atom stereocenters. The molecule has 0 radical (unpaired) electrons. The predicted octanol–water partition coefficient (Wildman–Crippen LogP) is 3.11. The molecule has 0 saturated carbocycles. The molecule has 0 unspecified atom stereocenters. The number of nitrogens with one attached hydrogen (secondary N) is 2. The second kappa shape index (κ2) is 7.19. The lowest BCUT2D eigenvalue weighted by molar-refractivity contribution is 0.145. The molecule has 1 aromatic carbocycles. The summed E-state index contributed by atoms with van der Waals surface area (Å²) in [5, 5.41) is 7.41. The minimum Gasteiger partial charge on any atom is -0.493 e. The number of rotatable bonds is 6. The first-order chi connectivity index (χ1) is 11.2. The van der Waals surface area contributed by atoms with E-state index in [4.69, 9.17) is 14.2 Å². The highest BCUT2D eigenvalue weighted by Gasteiger charge is 2.37. The summed E-state index contributed by atoms with van der Waals surface area (Å²) in [6.07, 6.45) is 2.20. The molecule has 1 heterocycles. The molecule has 0 aromatic heterocycles. The van der Waals surface area contributed by atoms with Crippen LogP contribution in [0.5, 0.6) is 17.2 Å². The van der Waals surface area contributed by atoms with E-state index < -0.39 is 0 Å². The van der Waals surface area contributed by atoms with Crippen LogP contribution in [0.1, 0.15) is 46.1 Å². The van der Waals surface area contributed by atoms with E-state index in [9.17, 15) is 0 Å². The number of ether oxygens (including phenoxy) is 3. The molecular formula is C19H32N2O3. The summed E-state index contributed by atoms with van der Waals surface area (Å²) in [6, 6.07) is 4.48. The topological polar surface area (TPSA) is 51.8 Å². The van der Waals surface area contributed by atoms with Gasteiger partial charge in [-0.25, -0.2) is 0 Å². The third-order valence-corrected chi connectivity index (χ3v) is 4.51. The van der Waals surface area contributed by atoms with Gasteiger partial charge in [0.1, 0.15) is 0 Å². The first-order valence-corrected chi connectivity index (χ1v) is 8.51. The average Bonchev–Trinajstić information content (AvgIpc) is 2.48. The normalized spacial score (nSPS) is 19.8. The summed E-state index contributed by atoms with van der Waals surface area (Å²) in [4.78, 5) is 0. The summed E-state index contributed by atoms with van der Waals surface area (Å²) < 4.78 is 16.3. The number of hydrogen-bond donors (Lipinski definition) is 2. The average molecular weight is 336 g/mol. The van der Waals surface area contributed by atoms with Gasteiger partial charge in [0.2, 0.25) is 5.75 Å². The highest BCUT2D eigenvalue weighted by Crippen LogP contribution is 2.38. The van der Waals surface area contributed by atoms with Crippen LogP contribution in [0, 0.1) is 0 Å². The van der Waals surface area contributed by atoms with Gasteiger partial charge >= 0.3 is 0 Å². The molecule has 0 spiro atoms. The molecule has 2 N–H and O–H groups in total. The van der Waals surface area contributed by atoms with Gasteiger partial charge in [0.05, 0.1) is 21.3 Å². The summed E-state index contributed by atoms with van der Waals surface area (Å²) in [7, 11) is 4.91. The quantitative estimate of drug-likeness (QED) is 0.836. The standard InChI is InChI=1S/C19H32N2O3/c1-18(2)10-14(11-19(3,4)21-18)20-12-13-8-15(22-5)17(24-7)16(9-13)23-6/h8-9,14,20-21H,10-12H2,1-7H3. The predicted molar refractivity (Wildman–Crippen MR) is 97.3 cm³/mol. The third-order valence-electron chi connectivity index (χ3n) is 4.51. The zero-order chi connectivity index (χ0) is 18.0. The lowest BCUT2D eigenvalue weighted by atomic mass is 9.79. The van der Waals surface area contributed by atoms with Gasteiger partial charge in [0, 0.05) is 23.7 Å². The van der Waals surface area contributed by atoms with Crippen LogP contribution in [0.3, 0.4) is 0 Å². The maximum Gasteiger partial charge on any atom is 0.203 e. The molecule has 1 saturated heterocycles. The Balaban J connectivity index is 2.11. The van der Waals surface area contributed by atoms with Gasteiger partial charge in [-0.3, -0.25) is 0 Å². The van der Waals surface area contributed by atoms with Crippen molar-refractivity contribution in [1.29, 1.82) is 0 Å². The van der Waals surface area contributed by atoms with E-state index in [1.807, 2.05) is 12.1 Å². The summed E-state index contributed by atoms with van der Waals surface area (Å²) in [5.41, 5.74) is 1.39. The summed E-state index contributed by atoms with van der Waals surface area (Å²) >= 11 is 0. The Morgan fingerprint density at radius 3 is 1.88 bits per heavy atom. The van der Waals surface area contributed by atoms with Gasteiger partial charge in [-0.15, -0.1) is 0 Å². The molecule has 1 fully saturated rings. The van der Waals surface area contributed by atoms with Gasteiger partial charge in [-0.05, 0) is 58.2 Å². The van der Waals surface area contributed by atoms with E-state index in [-0.39, 0.29) is 11.1 Å². The van der Waals surface area contributed by atoms with Crippen LogP contribution in [0.2, 0.25) is 0 Å². The molecule has 5 nitrogen and oxygen atoms in total. The van der Waals surface area contributed by atoms with E-state index in [1.165, 1.54) is 0 Å². The fourth-order valence-corrected chi connectivity index (χ4v) is 3.97. The van der Waals surface area contributed by atoms with Gasteiger partial charge in [0.15, 0.2) is 11.5 Å². The Labute approximate surface area is 146 Å². The van der Waals surface area contributed by atoms with Crippen molar-refractivity contribution < 1.29 is 14.2 Å². The Hall–Kier alpha value is -1.46. The third kappa shape index (κ3) is 4.54. The minimum atomic E-state index is 0.134. The zero-order valence-corrected chi connectivity index (χ0v) is 16.1. The Morgan fingerprint density at radius 1 is 0.958 bits per heavy atom. The van der Waals surface area contributed by atoms with Crippen molar-refractivity contribution in [2.24, 2.45) is 0 Å². The van der Waals surface area contributed by atoms with Crippen LogP contribution < -0.4 is 24.8 Å². The van der Waals surface area contributed by atoms with Crippen LogP contribution >= 0.6 is 0 Å². The minimum absolute atomic E-state index is 0.134. The first kappa shape index (κ1) is 18.9. The second-order valence-electron chi connectivity index (χ2n) is 7.91. The van der Waals surface area contributed by atoms with Crippen LogP contribution in [0.4, 0.5) is 0 Å². The molecule has 1 aliphatic rings. The summed E-state index contributed by atoms with van der Waals surface area (Å²) in [5.74, 6) is 2.02. The van der Waals surface area contributed by atoms with Gasteiger partial charge in [-0.2, -0.15) is 0 Å². The lowest BCUT2D eigenvalue weighted by Crippen LogP contribution is -2.61. The van der Waals surface area contributed by atoms with Crippen LogP contribution in [-0.2, 0) is 6.54 Å². The van der Waals surface area contributed by atoms with E-state index in [0.29, 0.717) is 23.3 Å². The fraction of sp³-hybridized carbons (Fsp3) is 0.684. The van der Waals surface area contributed by atoms with Crippen molar-refractivity contribution in [2.45, 2.75) is 64.2 Å². The van der Waals surface area contributed by atoms with Gasteiger partial charge in [0.25, 0.3) is 0 Å². The number of benzene rings is 1. The van der Waals surface area contributed by atoms with Crippen LogP contribution in [0.25, 0.3) is 0 Å². The van der Waals surface area contributed by atoms with E-state index in [2.05, 4.69) is 38.3 Å². The van der Waals surface area contributed by atoms with E-state index in [1.54, 1.807) is 21.3 Å². The smallest absolute Gasteiger partial charge is 0.203 e. The fourth-order valence-electron chi connectivity index (χ4n) is 3.97. The Morgan fingerprint density at radius 2 is 1.46 bits per heavy atom. The molecule has 1 aliphatic heterocycles. The number of methoxy groups -OCH3 is 3. The number of piperidine rings is 1. The van der Waals surface area contributed by atoms with E-state index in [0.717, 1.165) is 24.9 Å². The summed E-state index contributed by atoms with van der Waals surface area (Å²) in [6.45, 7) is 9.83. The number of hydrogen-bond acceptors (Lipinski definition) is 5. The molecule has 0 aliphatic carbocycles. The first-order valence-electron chi connectivity index (χ1n) is 8.51. The molecule has 0 amide bonds. The molecule has 2 rings (SSSR count). The van der Waals surface area contributed by atoms with Crippen molar-refractivity contribution in [3.05, 3.63) is 17.7 Å². The molecule has 0 bridgehead atoms. The highest BCUT2D eigenvalue weighted by atomic mass is 16.5.